The molecule has 2 aromatic rings. The Balaban J connectivity index is 2.24. The van der Waals surface area contributed by atoms with Crippen LogP contribution in [0.1, 0.15) is 29.3 Å². The zero-order chi connectivity index (χ0) is 15.4. The van der Waals surface area contributed by atoms with Crippen LogP contribution in [0.2, 0.25) is 0 Å². The second kappa shape index (κ2) is 7.36. The predicted octanol–water partition coefficient (Wildman–Crippen LogP) is 6.00. The first-order valence-corrected chi connectivity index (χ1v) is 8.25. The Kier molecular flexibility index (Phi) is 5.76. The second-order valence-electron chi connectivity index (χ2n) is 4.57. The largest absolute Gasteiger partial charge is 0.492 e. The van der Waals surface area contributed by atoms with Crippen molar-refractivity contribution in [3.63, 3.8) is 0 Å². The lowest BCUT2D eigenvalue weighted by Crippen LogP contribution is -1.98. The SMILES string of the molecule is CCCOc1ccc(C(Br)c2ccc(F)c(F)c2)cc1Br. The molecule has 0 amide bonds. The molecule has 1 atom stereocenters. The highest BCUT2D eigenvalue weighted by Crippen LogP contribution is 2.35. The molecule has 0 saturated carbocycles. The summed E-state index contributed by atoms with van der Waals surface area (Å²) in [6.45, 7) is 2.69. The molecule has 0 heterocycles. The number of halogens is 4. The van der Waals surface area contributed by atoms with Crippen molar-refractivity contribution in [1.29, 1.82) is 0 Å². The van der Waals surface area contributed by atoms with Crippen LogP contribution in [0, 0.1) is 11.6 Å². The fourth-order valence-corrected chi connectivity index (χ4v) is 2.95. The monoisotopic (exact) mass is 418 g/mol. The van der Waals surface area contributed by atoms with E-state index in [0.29, 0.717) is 12.2 Å². The van der Waals surface area contributed by atoms with Crippen molar-refractivity contribution in [2.24, 2.45) is 0 Å². The van der Waals surface area contributed by atoms with Gasteiger partial charge in [0.1, 0.15) is 5.75 Å². The molecule has 0 spiro atoms. The predicted molar refractivity (Wildman–Crippen MR) is 87.1 cm³/mol. The normalized spacial score (nSPS) is 12.2. The van der Waals surface area contributed by atoms with Crippen LogP contribution in [-0.4, -0.2) is 6.61 Å². The van der Waals surface area contributed by atoms with Crippen LogP contribution >= 0.6 is 31.9 Å². The van der Waals surface area contributed by atoms with Crippen LogP contribution in [0.5, 0.6) is 5.75 Å². The third-order valence-corrected chi connectivity index (χ3v) is 4.62. The minimum Gasteiger partial charge on any atom is -0.492 e. The van der Waals surface area contributed by atoms with Gasteiger partial charge in [0.15, 0.2) is 11.6 Å². The number of alkyl halides is 1. The van der Waals surface area contributed by atoms with Crippen molar-refractivity contribution >= 4 is 31.9 Å². The Morgan fingerprint density at radius 3 is 2.33 bits per heavy atom. The van der Waals surface area contributed by atoms with E-state index in [9.17, 15) is 8.78 Å². The van der Waals surface area contributed by atoms with Crippen LogP contribution < -0.4 is 4.74 Å². The molecule has 0 aliphatic rings. The molecule has 1 nitrogen and oxygen atoms in total. The molecule has 0 saturated heterocycles. The van der Waals surface area contributed by atoms with Crippen molar-refractivity contribution in [2.75, 3.05) is 6.61 Å². The molecule has 0 aliphatic carbocycles. The molecular formula is C16H14Br2F2O. The highest BCUT2D eigenvalue weighted by atomic mass is 79.9. The molecule has 2 rings (SSSR count). The average Bonchev–Trinajstić information content (AvgIpc) is 2.48. The van der Waals surface area contributed by atoms with Gasteiger partial charge >= 0.3 is 0 Å². The minimum absolute atomic E-state index is 0.218. The van der Waals surface area contributed by atoms with Gasteiger partial charge < -0.3 is 4.74 Å². The van der Waals surface area contributed by atoms with Gasteiger partial charge in [-0.05, 0) is 57.7 Å². The van der Waals surface area contributed by atoms with E-state index < -0.39 is 11.6 Å². The molecule has 2 aromatic carbocycles. The summed E-state index contributed by atoms with van der Waals surface area (Å²) in [5.41, 5.74) is 1.58. The lowest BCUT2D eigenvalue weighted by atomic mass is 10.0. The molecule has 5 heteroatoms. The Morgan fingerprint density at radius 1 is 1.05 bits per heavy atom. The number of hydrogen-bond donors (Lipinski definition) is 0. The standard InChI is InChI=1S/C16H14Br2F2O/c1-2-7-21-15-6-4-10(8-12(15)17)16(18)11-3-5-13(19)14(20)9-11/h3-6,8-9,16H,2,7H2,1H3. The van der Waals surface area contributed by atoms with E-state index in [1.54, 1.807) is 6.07 Å². The van der Waals surface area contributed by atoms with E-state index in [2.05, 4.69) is 31.9 Å². The highest BCUT2D eigenvalue weighted by Gasteiger charge is 2.14. The molecule has 0 fully saturated rings. The smallest absolute Gasteiger partial charge is 0.159 e. The quantitative estimate of drug-likeness (QED) is 0.540. The Hall–Kier alpha value is -0.940. The highest BCUT2D eigenvalue weighted by molar-refractivity contribution is 9.10. The number of rotatable bonds is 5. The zero-order valence-electron chi connectivity index (χ0n) is 11.4. The van der Waals surface area contributed by atoms with E-state index in [-0.39, 0.29) is 4.83 Å². The summed E-state index contributed by atoms with van der Waals surface area (Å²) < 4.78 is 32.7. The van der Waals surface area contributed by atoms with Crippen LogP contribution in [0.15, 0.2) is 40.9 Å². The molecule has 21 heavy (non-hydrogen) atoms. The summed E-state index contributed by atoms with van der Waals surface area (Å²) in [7, 11) is 0. The maximum Gasteiger partial charge on any atom is 0.159 e. The number of benzene rings is 2. The Morgan fingerprint density at radius 2 is 1.71 bits per heavy atom. The molecule has 0 aromatic heterocycles. The summed E-state index contributed by atoms with van der Waals surface area (Å²) in [5, 5.41) is 0. The van der Waals surface area contributed by atoms with Gasteiger partial charge in [0.2, 0.25) is 0 Å². The van der Waals surface area contributed by atoms with E-state index >= 15 is 0 Å². The summed E-state index contributed by atoms with van der Waals surface area (Å²) in [6, 6.07) is 9.56. The summed E-state index contributed by atoms with van der Waals surface area (Å²) >= 11 is 6.98. The molecule has 1 unspecified atom stereocenters. The zero-order valence-corrected chi connectivity index (χ0v) is 14.5. The Bertz CT molecular complexity index is 632. The van der Waals surface area contributed by atoms with Gasteiger partial charge in [0.25, 0.3) is 0 Å². The summed E-state index contributed by atoms with van der Waals surface area (Å²) in [5.74, 6) is -0.924. The van der Waals surface area contributed by atoms with Crippen molar-refractivity contribution in [3.05, 3.63) is 63.6 Å². The summed E-state index contributed by atoms with van der Waals surface area (Å²) in [6.07, 6.45) is 0.935. The van der Waals surface area contributed by atoms with Crippen molar-refractivity contribution < 1.29 is 13.5 Å². The lowest BCUT2D eigenvalue weighted by molar-refractivity contribution is 0.315. The lowest BCUT2D eigenvalue weighted by Gasteiger charge is -2.14. The molecule has 0 N–H and O–H groups in total. The molecule has 0 bridgehead atoms. The van der Waals surface area contributed by atoms with Gasteiger partial charge in [-0.15, -0.1) is 0 Å². The van der Waals surface area contributed by atoms with Crippen LogP contribution in [0.4, 0.5) is 8.78 Å². The van der Waals surface area contributed by atoms with E-state index in [0.717, 1.165) is 28.3 Å². The second-order valence-corrected chi connectivity index (χ2v) is 6.34. The third-order valence-electron chi connectivity index (χ3n) is 2.95. The third kappa shape index (κ3) is 4.04. The first kappa shape index (κ1) is 16.4. The van der Waals surface area contributed by atoms with E-state index in [1.165, 1.54) is 6.07 Å². The van der Waals surface area contributed by atoms with Crippen LogP contribution in [0.3, 0.4) is 0 Å². The van der Waals surface area contributed by atoms with Crippen molar-refractivity contribution in [1.82, 2.24) is 0 Å². The molecule has 112 valence electrons. The fourth-order valence-electron chi connectivity index (χ4n) is 1.87. The van der Waals surface area contributed by atoms with E-state index in [4.69, 9.17) is 4.74 Å². The maximum absolute atomic E-state index is 13.3. The minimum atomic E-state index is -0.848. The van der Waals surface area contributed by atoms with Gasteiger partial charge in [-0.25, -0.2) is 8.78 Å². The van der Waals surface area contributed by atoms with Gasteiger partial charge in [-0.1, -0.05) is 35.0 Å². The molecule has 0 radical (unpaired) electrons. The number of ether oxygens (including phenoxy) is 1. The van der Waals surface area contributed by atoms with Crippen LogP contribution in [0.25, 0.3) is 0 Å². The van der Waals surface area contributed by atoms with Gasteiger partial charge in [0, 0.05) is 0 Å². The van der Waals surface area contributed by atoms with Gasteiger partial charge in [-0.3, -0.25) is 0 Å². The van der Waals surface area contributed by atoms with Crippen molar-refractivity contribution in [3.8, 4) is 5.75 Å². The fraction of sp³-hybridized carbons (Fsp3) is 0.250. The average molecular weight is 420 g/mol. The first-order valence-electron chi connectivity index (χ1n) is 6.54. The van der Waals surface area contributed by atoms with Crippen molar-refractivity contribution in [2.45, 2.75) is 18.2 Å². The molecular weight excluding hydrogens is 406 g/mol. The van der Waals surface area contributed by atoms with E-state index in [1.807, 2.05) is 25.1 Å². The first-order chi connectivity index (χ1) is 10.0. The number of hydrogen-bond acceptors (Lipinski definition) is 1. The topological polar surface area (TPSA) is 9.23 Å². The molecule has 0 aliphatic heterocycles. The van der Waals surface area contributed by atoms with Gasteiger partial charge in [0.05, 0.1) is 15.9 Å². The van der Waals surface area contributed by atoms with Crippen LogP contribution in [-0.2, 0) is 0 Å². The van der Waals surface area contributed by atoms with Gasteiger partial charge in [-0.2, -0.15) is 0 Å². The summed E-state index contributed by atoms with van der Waals surface area (Å²) in [4.78, 5) is -0.218. The Labute approximate surface area is 139 Å². The maximum atomic E-state index is 13.3.